The molecule has 2 fully saturated rings. The molecule has 0 aliphatic carbocycles. The highest BCUT2D eigenvalue weighted by Crippen LogP contribution is 2.31. The van der Waals surface area contributed by atoms with Gasteiger partial charge in [0.2, 0.25) is 10.0 Å². The Kier molecular flexibility index (Phi) is 6.90. The molecule has 0 spiro atoms. The highest BCUT2D eigenvalue weighted by atomic mass is 32.2. The zero-order valence-electron chi connectivity index (χ0n) is 18.5. The van der Waals surface area contributed by atoms with Gasteiger partial charge < -0.3 is 14.0 Å². The van der Waals surface area contributed by atoms with Gasteiger partial charge in [0, 0.05) is 31.5 Å². The number of fused-ring (bicyclic) bond motifs is 1. The molecule has 0 saturated carbocycles. The van der Waals surface area contributed by atoms with Crippen molar-refractivity contribution in [2.24, 2.45) is 0 Å². The molecule has 182 valence electrons. The smallest absolute Gasteiger partial charge is 0.243 e. The van der Waals surface area contributed by atoms with Gasteiger partial charge in [-0.15, -0.1) is 0 Å². The first kappa shape index (κ1) is 23.7. The predicted octanol–water partition coefficient (Wildman–Crippen LogP) is 3.81. The van der Waals surface area contributed by atoms with E-state index in [1.807, 2.05) is 4.57 Å². The zero-order chi connectivity index (χ0) is 23.7. The molecular weight excluding hydrogens is 484 g/mol. The minimum atomic E-state index is -3.66. The summed E-state index contributed by atoms with van der Waals surface area (Å²) in [5.41, 5.74) is 1.86. The van der Waals surface area contributed by atoms with Gasteiger partial charge in [-0.25, -0.2) is 22.2 Å². The van der Waals surface area contributed by atoms with Crippen LogP contribution < -0.4 is 0 Å². The van der Waals surface area contributed by atoms with E-state index in [0.717, 1.165) is 24.4 Å². The number of imidazole rings is 1. The van der Waals surface area contributed by atoms with Crippen molar-refractivity contribution in [1.82, 2.24) is 13.9 Å². The summed E-state index contributed by atoms with van der Waals surface area (Å²) in [7, 11) is -3.66. The highest BCUT2D eigenvalue weighted by molar-refractivity contribution is 7.98. The molecule has 3 aromatic rings. The molecular formula is C23H25F2N3O4S2. The molecule has 11 heteroatoms. The van der Waals surface area contributed by atoms with Crippen LogP contribution >= 0.6 is 11.8 Å². The number of thioether (sulfide) groups is 1. The molecule has 3 heterocycles. The minimum absolute atomic E-state index is 0.0418. The van der Waals surface area contributed by atoms with Gasteiger partial charge in [-0.2, -0.15) is 4.31 Å². The van der Waals surface area contributed by atoms with Gasteiger partial charge in [-0.1, -0.05) is 11.8 Å². The lowest BCUT2D eigenvalue weighted by atomic mass is 10.2. The predicted molar refractivity (Wildman–Crippen MR) is 124 cm³/mol. The van der Waals surface area contributed by atoms with Crippen LogP contribution in [-0.2, 0) is 31.8 Å². The fraction of sp³-hybridized carbons (Fsp3) is 0.435. The molecule has 1 atom stereocenters. The molecule has 2 aliphatic rings. The maximum atomic E-state index is 13.6. The third-order valence-corrected chi connectivity index (χ3v) is 8.94. The van der Waals surface area contributed by atoms with Crippen molar-refractivity contribution in [2.45, 2.75) is 41.3 Å². The van der Waals surface area contributed by atoms with Crippen LogP contribution in [-0.4, -0.2) is 61.3 Å². The molecule has 0 bridgehead atoms. The minimum Gasteiger partial charge on any atom is -0.379 e. The lowest BCUT2D eigenvalue weighted by molar-refractivity contribution is 0.0730. The summed E-state index contributed by atoms with van der Waals surface area (Å²) < 4.78 is 68.0. The summed E-state index contributed by atoms with van der Waals surface area (Å²) >= 11 is 1.35. The number of ether oxygens (including phenoxy) is 2. The second-order valence-corrected chi connectivity index (χ2v) is 11.3. The van der Waals surface area contributed by atoms with Crippen LogP contribution in [0.3, 0.4) is 0 Å². The van der Waals surface area contributed by atoms with Crippen LogP contribution in [0.5, 0.6) is 0 Å². The van der Waals surface area contributed by atoms with E-state index < -0.39 is 21.7 Å². The largest absolute Gasteiger partial charge is 0.379 e. The van der Waals surface area contributed by atoms with Crippen molar-refractivity contribution in [3.63, 3.8) is 0 Å². The maximum Gasteiger partial charge on any atom is 0.243 e. The van der Waals surface area contributed by atoms with Crippen molar-refractivity contribution < 1.29 is 26.7 Å². The summed E-state index contributed by atoms with van der Waals surface area (Å²) in [5.74, 6) is -0.925. The molecule has 2 aliphatic heterocycles. The van der Waals surface area contributed by atoms with E-state index in [0.29, 0.717) is 61.4 Å². The highest BCUT2D eigenvalue weighted by Gasteiger charge is 2.28. The van der Waals surface area contributed by atoms with Crippen LogP contribution in [0.2, 0.25) is 0 Å². The lowest BCUT2D eigenvalue weighted by Crippen LogP contribution is -2.40. The molecule has 0 amide bonds. The SMILES string of the molecule is O=S(=O)(c1ccc2c(c1)nc(SCc1cc(F)cc(F)c1)n2CC1CCCO1)N1CCOCC1. The molecule has 0 N–H and O–H groups in total. The van der Waals surface area contributed by atoms with E-state index in [-0.39, 0.29) is 11.0 Å². The third kappa shape index (κ3) is 4.99. The molecule has 7 nitrogen and oxygen atoms in total. The van der Waals surface area contributed by atoms with Crippen molar-refractivity contribution in [3.8, 4) is 0 Å². The van der Waals surface area contributed by atoms with E-state index in [4.69, 9.17) is 14.5 Å². The van der Waals surface area contributed by atoms with Crippen molar-refractivity contribution in [2.75, 3.05) is 32.9 Å². The van der Waals surface area contributed by atoms with Crippen molar-refractivity contribution in [1.29, 1.82) is 0 Å². The van der Waals surface area contributed by atoms with E-state index in [9.17, 15) is 17.2 Å². The zero-order valence-corrected chi connectivity index (χ0v) is 20.1. The van der Waals surface area contributed by atoms with E-state index in [2.05, 4.69) is 0 Å². The van der Waals surface area contributed by atoms with Gasteiger partial charge in [-0.05, 0) is 48.7 Å². The number of hydrogen-bond donors (Lipinski definition) is 0. The van der Waals surface area contributed by atoms with Gasteiger partial charge in [0.05, 0.1) is 41.8 Å². The number of hydrogen-bond acceptors (Lipinski definition) is 6. The summed E-state index contributed by atoms with van der Waals surface area (Å²) in [6, 6.07) is 8.43. The molecule has 34 heavy (non-hydrogen) atoms. The summed E-state index contributed by atoms with van der Waals surface area (Å²) in [4.78, 5) is 4.90. The number of rotatable bonds is 7. The van der Waals surface area contributed by atoms with Gasteiger partial charge in [-0.3, -0.25) is 0 Å². The quantitative estimate of drug-likeness (QED) is 0.451. The normalized spacial score (nSPS) is 19.8. The first-order valence-electron chi connectivity index (χ1n) is 11.2. The molecule has 2 aromatic carbocycles. The van der Waals surface area contributed by atoms with Crippen molar-refractivity contribution >= 4 is 32.8 Å². The van der Waals surface area contributed by atoms with Crippen LogP contribution in [0.4, 0.5) is 8.78 Å². The number of morpholine rings is 1. The fourth-order valence-corrected chi connectivity index (χ4v) is 6.69. The first-order chi connectivity index (χ1) is 16.4. The molecule has 2 saturated heterocycles. The molecule has 1 unspecified atom stereocenters. The standard InChI is InChI=1S/C23H25F2N3O4S2/c24-17-10-16(11-18(25)12-17)15-33-23-26-21-13-20(34(29,30)27-5-8-31-9-6-27)3-4-22(21)28(23)14-19-2-1-7-32-19/h3-4,10-13,19H,1-2,5-9,14-15H2. The molecule has 5 rings (SSSR count). The summed E-state index contributed by atoms with van der Waals surface area (Å²) in [6.07, 6.45) is 1.97. The molecule has 0 radical (unpaired) electrons. The lowest BCUT2D eigenvalue weighted by Gasteiger charge is -2.26. The van der Waals surface area contributed by atoms with Crippen LogP contribution in [0.15, 0.2) is 46.5 Å². The number of halogens is 2. The average molecular weight is 510 g/mol. The number of benzene rings is 2. The molecule has 1 aromatic heterocycles. The second kappa shape index (κ2) is 9.90. The monoisotopic (exact) mass is 509 g/mol. The Labute approximate surface area is 201 Å². The van der Waals surface area contributed by atoms with Crippen LogP contribution in [0.25, 0.3) is 11.0 Å². The Morgan fingerprint density at radius 3 is 2.53 bits per heavy atom. The first-order valence-corrected chi connectivity index (χ1v) is 13.6. The Morgan fingerprint density at radius 2 is 1.82 bits per heavy atom. The van der Waals surface area contributed by atoms with Gasteiger partial charge >= 0.3 is 0 Å². The second-order valence-electron chi connectivity index (χ2n) is 8.37. The van der Waals surface area contributed by atoms with E-state index >= 15 is 0 Å². The van der Waals surface area contributed by atoms with Crippen molar-refractivity contribution in [3.05, 3.63) is 53.6 Å². The summed E-state index contributed by atoms with van der Waals surface area (Å²) in [5, 5.41) is 0.649. The number of sulfonamides is 1. The summed E-state index contributed by atoms with van der Waals surface area (Å²) in [6.45, 7) is 2.67. The fourth-order valence-electron chi connectivity index (χ4n) is 4.30. The van der Waals surface area contributed by atoms with E-state index in [1.165, 1.54) is 28.2 Å². The van der Waals surface area contributed by atoms with Crippen LogP contribution in [0, 0.1) is 11.6 Å². The number of aromatic nitrogens is 2. The van der Waals surface area contributed by atoms with Gasteiger partial charge in [0.15, 0.2) is 5.16 Å². The van der Waals surface area contributed by atoms with E-state index in [1.54, 1.807) is 18.2 Å². The Hall–Kier alpha value is -2.05. The topological polar surface area (TPSA) is 73.7 Å². The third-order valence-electron chi connectivity index (χ3n) is 5.99. The maximum absolute atomic E-state index is 13.6. The Morgan fingerprint density at radius 1 is 1.06 bits per heavy atom. The Balaban J connectivity index is 1.47. The Bertz CT molecular complexity index is 1270. The van der Waals surface area contributed by atoms with Crippen LogP contribution in [0.1, 0.15) is 18.4 Å². The van der Waals surface area contributed by atoms with Gasteiger partial charge in [0.1, 0.15) is 11.6 Å². The van der Waals surface area contributed by atoms with Gasteiger partial charge in [0.25, 0.3) is 0 Å². The average Bonchev–Trinajstić information content (AvgIpc) is 3.45. The number of nitrogens with zero attached hydrogens (tertiary/aromatic N) is 3.